The number of para-hydroxylation sites is 1. The van der Waals surface area contributed by atoms with E-state index in [1.54, 1.807) is 6.20 Å². The number of alkyl halides is 3. The van der Waals surface area contributed by atoms with Gasteiger partial charge in [0.15, 0.2) is 5.76 Å². The number of benzene rings is 1. The highest BCUT2D eigenvalue weighted by atomic mass is 19.4. The first-order valence-electron chi connectivity index (χ1n) is 11.3. The Kier molecular flexibility index (Phi) is 7.38. The fraction of sp³-hybridized carbons (Fsp3) is 0.222. The van der Waals surface area contributed by atoms with Gasteiger partial charge >= 0.3 is 6.18 Å². The third-order valence-electron chi connectivity index (χ3n) is 5.63. The van der Waals surface area contributed by atoms with Gasteiger partial charge in [-0.1, -0.05) is 18.2 Å². The Hall–Kier alpha value is -4.14. The molecule has 0 bridgehead atoms. The molecule has 0 aliphatic carbocycles. The highest BCUT2D eigenvalue weighted by molar-refractivity contribution is 5.97. The second-order valence-electron chi connectivity index (χ2n) is 8.23. The molecule has 0 saturated heterocycles. The van der Waals surface area contributed by atoms with E-state index in [0.29, 0.717) is 17.5 Å². The molecule has 3 aromatic rings. The summed E-state index contributed by atoms with van der Waals surface area (Å²) in [6.07, 6.45) is 4.63. The summed E-state index contributed by atoms with van der Waals surface area (Å²) in [4.78, 5) is 13.6. The topological polar surface area (TPSA) is 79.6 Å². The van der Waals surface area contributed by atoms with Gasteiger partial charge in [-0.05, 0) is 56.0 Å². The molecule has 4 rings (SSSR count). The zero-order valence-electron chi connectivity index (χ0n) is 19.8. The number of aliphatic hydroxyl groups excluding tert-OH is 1. The van der Waals surface area contributed by atoms with Gasteiger partial charge in [-0.15, -0.1) is 0 Å². The maximum Gasteiger partial charge on any atom is 0.448 e. The molecule has 6 nitrogen and oxygen atoms in total. The molecular weight excluding hydrogens is 469 g/mol. The number of allylic oxidation sites excluding steroid dienone is 4. The molecule has 0 spiro atoms. The van der Waals surface area contributed by atoms with E-state index in [4.69, 9.17) is 14.8 Å². The van der Waals surface area contributed by atoms with Crippen LogP contribution in [0.1, 0.15) is 34.5 Å². The zero-order valence-corrected chi connectivity index (χ0v) is 19.8. The molecule has 1 aliphatic heterocycles. The average Bonchev–Trinajstić information content (AvgIpc) is 3.37. The highest BCUT2D eigenvalue weighted by Crippen LogP contribution is 2.33. The highest BCUT2D eigenvalue weighted by Gasteiger charge is 2.33. The quantitative estimate of drug-likeness (QED) is 0.286. The number of aromatic nitrogens is 2. The number of pyridine rings is 2. The van der Waals surface area contributed by atoms with E-state index in [0.717, 1.165) is 51.5 Å². The molecule has 2 N–H and O–H groups in total. The molecule has 3 heterocycles. The third-order valence-corrected chi connectivity index (χ3v) is 5.63. The first-order chi connectivity index (χ1) is 17.2. The Morgan fingerprint density at radius 3 is 2.81 bits per heavy atom. The number of hydrogen-bond acceptors (Lipinski definition) is 6. The van der Waals surface area contributed by atoms with Crippen molar-refractivity contribution in [2.75, 3.05) is 0 Å². The van der Waals surface area contributed by atoms with E-state index >= 15 is 0 Å². The largest absolute Gasteiger partial charge is 0.504 e. The van der Waals surface area contributed by atoms with Gasteiger partial charge in [0.2, 0.25) is 0 Å². The second-order valence-corrected chi connectivity index (χ2v) is 8.23. The summed E-state index contributed by atoms with van der Waals surface area (Å²) in [5, 5.41) is 12.8. The van der Waals surface area contributed by atoms with E-state index in [1.807, 2.05) is 50.4 Å². The Labute approximate surface area is 206 Å². The molecule has 0 amide bonds. The summed E-state index contributed by atoms with van der Waals surface area (Å²) < 4.78 is 43.3. The van der Waals surface area contributed by atoms with Gasteiger partial charge in [-0.2, -0.15) is 13.2 Å². The Morgan fingerprint density at radius 1 is 1.22 bits per heavy atom. The number of aryl methyl sites for hydroxylation is 2. The maximum atomic E-state index is 12.4. The number of fused-ring (bicyclic) bond motifs is 1. The zero-order chi connectivity index (χ0) is 25.7. The minimum Gasteiger partial charge on any atom is -0.504 e. The fourth-order valence-corrected chi connectivity index (χ4v) is 3.83. The van der Waals surface area contributed by atoms with Gasteiger partial charge in [0.1, 0.15) is 17.9 Å². The molecular formula is C27H25F3N4O2. The summed E-state index contributed by atoms with van der Waals surface area (Å²) in [5.74, 6) is -1.03. The van der Waals surface area contributed by atoms with Crippen molar-refractivity contribution in [3.63, 3.8) is 0 Å². The number of nitrogens with one attached hydrogen (secondary N) is 1. The summed E-state index contributed by atoms with van der Waals surface area (Å²) in [5.41, 5.74) is 6.06. The number of aliphatic imine (C=N–C) groups is 1. The van der Waals surface area contributed by atoms with E-state index in [1.165, 1.54) is 6.20 Å². The lowest BCUT2D eigenvalue weighted by molar-refractivity contribution is -0.120. The lowest BCUT2D eigenvalue weighted by Gasteiger charge is -2.15. The van der Waals surface area contributed by atoms with Crippen LogP contribution in [0.2, 0.25) is 0 Å². The number of hydrogen-bond donors (Lipinski definition) is 2. The first kappa shape index (κ1) is 25.0. The summed E-state index contributed by atoms with van der Waals surface area (Å²) in [6, 6.07) is 9.69. The first-order valence-corrected chi connectivity index (χ1v) is 11.3. The molecule has 36 heavy (non-hydrogen) atoms. The van der Waals surface area contributed by atoms with Crippen molar-refractivity contribution < 1.29 is 23.0 Å². The smallest absolute Gasteiger partial charge is 0.448 e. The predicted octanol–water partition coefficient (Wildman–Crippen LogP) is 6.25. The third kappa shape index (κ3) is 5.73. The SMILES string of the molecule is Cc1cc(C2=CCC=N2)c2cccc(OCc3c(C)ccnc3CN/C=C\C=C(/O)C(F)(F)F)c2n1. The monoisotopic (exact) mass is 494 g/mol. The number of nitrogens with zero attached hydrogens (tertiary/aromatic N) is 3. The van der Waals surface area contributed by atoms with Crippen LogP contribution in [-0.4, -0.2) is 27.5 Å². The van der Waals surface area contributed by atoms with Gasteiger partial charge in [0.25, 0.3) is 0 Å². The predicted molar refractivity (Wildman–Crippen MR) is 134 cm³/mol. The van der Waals surface area contributed by atoms with Crippen molar-refractivity contribution in [2.24, 2.45) is 4.99 Å². The van der Waals surface area contributed by atoms with Crippen molar-refractivity contribution in [1.29, 1.82) is 0 Å². The molecule has 0 atom stereocenters. The van der Waals surface area contributed by atoms with Crippen molar-refractivity contribution in [3.8, 4) is 5.75 Å². The van der Waals surface area contributed by atoms with E-state index in [-0.39, 0.29) is 13.2 Å². The standard InChI is InChI=1S/C27H25F3N4O2/c1-17-10-13-33-23(15-31-11-5-9-25(35)27(28,29)30)21(17)16-36-24-8-3-6-19-20(22-7-4-12-32-22)14-18(2)34-26(19)24/h3,5-14,31,35H,4,15-16H2,1-2H3/b11-5-,25-9-. The number of ether oxygens (including phenoxy) is 1. The van der Waals surface area contributed by atoms with E-state index in [2.05, 4.69) is 21.4 Å². The molecule has 0 radical (unpaired) electrons. The van der Waals surface area contributed by atoms with Crippen molar-refractivity contribution in [3.05, 3.63) is 94.8 Å². The molecule has 1 aromatic carbocycles. The van der Waals surface area contributed by atoms with Gasteiger partial charge in [-0.25, -0.2) is 4.98 Å². The Bertz CT molecular complexity index is 1390. The van der Waals surface area contributed by atoms with Crippen LogP contribution in [0.5, 0.6) is 5.75 Å². The average molecular weight is 495 g/mol. The van der Waals surface area contributed by atoms with Crippen LogP contribution < -0.4 is 10.1 Å². The van der Waals surface area contributed by atoms with Crippen LogP contribution >= 0.6 is 0 Å². The van der Waals surface area contributed by atoms with E-state index < -0.39 is 11.9 Å². The van der Waals surface area contributed by atoms with Crippen LogP contribution in [0.3, 0.4) is 0 Å². The van der Waals surface area contributed by atoms with Crippen LogP contribution in [0.15, 0.2) is 71.7 Å². The van der Waals surface area contributed by atoms with Gasteiger partial charge in [0.05, 0.1) is 17.9 Å². The lowest BCUT2D eigenvalue weighted by Crippen LogP contribution is -2.12. The van der Waals surface area contributed by atoms with Gasteiger partial charge in [0, 0.05) is 41.0 Å². The van der Waals surface area contributed by atoms with Gasteiger partial charge < -0.3 is 15.2 Å². The molecule has 2 aromatic heterocycles. The van der Waals surface area contributed by atoms with Crippen molar-refractivity contribution >= 4 is 22.8 Å². The maximum absolute atomic E-state index is 12.4. The molecule has 0 fully saturated rings. The number of aliphatic hydroxyl groups is 1. The normalized spacial score (nSPS) is 14.0. The summed E-state index contributed by atoms with van der Waals surface area (Å²) in [7, 11) is 0. The molecule has 0 unspecified atom stereocenters. The minimum atomic E-state index is -4.77. The van der Waals surface area contributed by atoms with Crippen LogP contribution in [0, 0.1) is 13.8 Å². The molecule has 1 aliphatic rings. The summed E-state index contributed by atoms with van der Waals surface area (Å²) >= 11 is 0. The van der Waals surface area contributed by atoms with Crippen LogP contribution in [0.25, 0.3) is 16.6 Å². The van der Waals surface area contributed by atoms with Gasteiger partial charge in [-0.3, -0.25) is 9.98 Å². The minimum absolute atomic E-state index is 0.236. The second kappa shape index (κ2) is 10.6. The number of rotatable bonds is 8. The molecule has 0 saturated carbocycles. The van der Waals surface area contributed by atoms with Crippen LogP contribution in [-0.2, 0) is 13.2 Å². The van der Waals surface area contributed by atoms with Crippen molar-refractivity contribution in [1.82, 2.24) is 15.3 Å². The molecule has 186 valence electrons. The van der Waals surface area contributed by atoms with Crippen LogP contribution in [0.4, 0.5) is 13.2 Å². The Morgan fingerprint density at radius 2 is 2.06 bits per heavy atom. The number of halogens is 3. The van der Waals surface area contributed by atoms with E-state index in [9.17, 15) is 13.2 Å². The van der Waals surface area contributed by atoms with Crippen molar-refractivity contribution in [2.45, 2.75) is 39.6 Å². The fourth-order valence-electron chi connectivity index (χ4n) is 3.83. The lowest BCUT2D eigenvalue weighted by atomic mass is 10.0. The summed E-state index contributed by atoms with van der Waals surface area (Å²) in [6.45, 7) is 4.38. The Balaban J connectivity index is 1.53. The molecule has 9 heteroatoms.